The zero-order valence-electron chi connectivity index (χ0n) is 25.0. The molecule has 1 saturated heterocycles. The first-order valence-electron chi connectivity index (χ1n) is 14.6. The highest BCUT2D eigenvalue weighted by molar-refractivity contribution is 5.98. The largest absolute Gasteiger partial charge is 0.344 e. The molecule has 1 aliphatic heterocycles. The molecule has 0 bridgehead atoms. The second-order valence-electron chi connectivity index (χ2n) is 11.4. The summed E-state index contributed by atoms with van der Waals surface area (Å²) >= 11 is 0. The van der Waals surface area contributed by atoms with Crippen molar-refractivity contribution in [1.82, 2.24) is 26.2 Å². The number of hydrogen-bond acceptors (Lipinski definition) is 6. The SMILES string of the molecule is CC(=O)C(c1cccc(-c2ccc(NC(=O)/C=C/CN3CCCCC3)nc2)c1)C(C)C.Cc1cc(C2CC2)n[nH]1.N.[HH].[HH]. The van der Waals surface area contributed by atoms with Crippen LogP contribution >= 0.6 is 0 Å². The zero-order chi connectivity index (χ0) is 28.5. The van der Waals surface area contributed by atoms with E-state index in [2.05, 4.69) is 51.4 Å². The third kappa shape index (κ3) is 9.76. The average molecular weight is 563 g/mol. The number of piperidine rings is 1. The lowest BCUT2D eigenvalue weighted by atomic mass is 9.84. The van der Waals surface area contributed by atoms with Crippen LogP contribution in [0.5, 0.6) is 0 Å². The number of likely N-dealkylation sites (tertiary alicyclic amines) is 1. The Labute approximate surface area is 247 Å². The Hall–Kier alpha value is -3.62. The van der Waals surface area contributed by atoms with Gasteiger partial charge in [0.25, 0.3) is 0 Å². The van der Waals surface area contributed by atoms with Crippen LogP contribution in [-0.4, -0.2) is 51.4 Å². The number of aromatic amines is 1. The smallest absolute Gasteiger partial charge is 0.249 e. The Bertz CT molecular complexity index is 1300. The highest BCUT2D eigenvalue weighted by Gasteiger charge is 2.25. The maximum absolute atomic E-state index is 12.2. The van der Waals surface area contributed by atoms with E-state index in [1.165, 1.54) is 43.5 Å². The molecule has 8 nitrogen and oxygen atoms in total. The van der Waals surface area contributed by atoms with Gasteiger partial charge in [0.2, 0.25) is 5.91 Å². The number of benzene rings is 1. The predicted molar refractivity (Wildman–Crippen MR) is 171 cm³/mol. The van der Waals surface area contributed by atoms with E-state index in [1.807, 2.05) is 43.3 Å². The highest BCUT2D eigenvalue weighted by atomic mass is 16.1. The minimum atomic E-state index is -0.166. The summed E-state index contributed by atoms with van der Waals surface area (Å²) in [6.07, 6.45) is 11.7. The number of hydrogen-bond donors (Lipinski definition) is 3. The van der Waals surface area contributed by atoms with E-state index >= 15 is 0 Å². The molecule has 2 aromatic heterocycles. The molecule has 1 atom stereocenters. The summed E-state index contributed by atoms with van der Waals surface area (Å²) < 4.78 is 0. The normalized spacial score (nSPS) is 16.0. The van der Waals surface area contributed by atoms with Gasteiger partial charge in [-0.3, -0.25) is 19.6 Å². The summed E-state index contributed by atoms with van der Waals surface area (Å²) in [4.78, 5) is 31.0. The first-order valence-corrected chi connectivity index (χ1v) is 14.6. The van der Waals surface area contributed by atoms with Crippen LogP contribution in [0.2, 0.25) is 0 Å². The Morgan fingerprint density at radius 1 is 1.10 bits per heavy atom. The Balaban J connectivity index is 0.000000654. The molecular weight excluding hydrogens is 512 g/mol. The van der Waals surface area contributed by atoms with Gasteiger partial charge in [-0.15, -0.1) is 0 Å². The third-order valence-electron chi connectivity index (χ3n) is 7.50. The molecule has 3 heterocycles. The average Bonchev–Trinajstić information content (AvgIpc) is 3.70. The molecule has 0 radical (unpaired) electrons. The van der Waals surface area contributed by atoms with E-state index in [1.54, 1.807) is 19.2 Å². The Morgan fingerprint density at radius 2 is 1.85 bits per heavy atom. The van der Waals surface area contributed by atoms with Gasteiger partial charge < -0.3 is 11.5 Å². The lowest BCUT2D eigenvalue weighted by molar-refractivity contribution is -0.119. The van der Waals surface area contributed by atoms with Crippen LogP contribution in [0, 0.1) is 12.8 Å². The predicted octanol–water partition coefficient (Wildman–Crippen LogP) is 7.31. The summed E-state index contributed by atoms with van der Waals surface area (Å²) in [5.74, 6) is 1.46. The van der Waals surface area contributed by atoms with E-state index < -0.39 is 0 Å². The number of Topliss-reactive ketones (excluding diaryl/α,β-unsaturated/α-hetero) is 1. The quantitative estimate of drug-likeness (QED) is 0.235. The van der Waals surface area contributed by atoms with E-state index in [0.29, 0.717) is 5.82 Å². The number of anilines is 1. The molecule has 224 valence electrons. The standard InChI is InChI=1S/C26H33N3O2.C7H10N2.H3N.2H2/c1-19(2)26(20(3)30)22-10-7-9-21(17-22)23-12-13-24(27-18-23)28-25(31)11-8-16-29-14-5-4-6-15-29;1-5-4-7(9-8-5)6-2-3-6;;;/h7-13,17-19,26H,4-6,14-16H2,1-3H3,(H,27,28,31);4,6H,2-3H2,1H3,(H,8,9);1H3;2*1H/b11-8+;;;;. The first kappa shape index (κ1) is 31.9. The molecule has 1 aliphatic carbocycles. The molecule has 2 aliphatic rings. The van der Waals surface area contributed by atoms with Gasteiger partial charge in [0.1, 0.15) is 11.6 Å². The van der Waals surface area contributed by atoms with Crippen molar-refractivity contribution in [2.45, 2.75) is 71.6 Å². The van der Waals surface area contributed by atoms with E-state index in [0.717, 1.165) is 42.2 Å². The summed E-state index contributed by atoms with van der Waals surface area (Å²) in [5, 5.41) is 9.91. The van der Waals surface area contributed by atoms with Crippen molar-refractivity contribution in [2.24, 2.45) is 5.92 Å². The minimum absolute atomic E-state index is 0. The lowest BCUT2D eigenvalue weighted by Crippen LogP contribution is -2.29. The van der Waals surface area contributed by atoms with Crippen LogP contribution in [-0.2, 0) is 9.59 Å². The van der Waals surface area contributed by atoms with Crippen LogP contribution in [0.4, 0.5) is 5.82 Å². The van der Waals surface area contributed by atoms with Crippen LogP contribution in [0.1, 0.15) is 84.5 Å². The molecule has 1 amide bonds. The number of ketones is 1. The molecule has 1 unspecified atom stereocenters. The number of rotatable bonds is 9. The Morgan fingerprint density at radius 3 is 2.44 bits per heavy atom. The van der Waals surface area contributed by atoms with E-state index in [-0.39, 0.29) is 32.5 Å². The molecule has 2 fully saturated rings. The van der Waals surface area contributed by atoms with E-state index in [4.69, 9.17) is 0 Å². The number of amides is 1. The number of aryl methyl sites for hydroxylation is 1. The number of carbonyl (C=O) groups excluding carboxylic acids is 2. The molecule has 1 aromatic carbocycles. The number of pyridine rings is 1. The monoisotopic (exact) mass is 562 g/mol. The van der Waals surface area contributed by atoms with Crippen molar-refractivity contribution >= 4 is 17.5 Å². The Kier molecular flexibility index (Phi) is 12.0. The summed E-state index contributed by atoms with van der Waals surface area (Å²) in [7, 11) is 0. The van der Waals surface area contributed by atoms with Crippen molar-refractivity contribution in [3.63, 3.8) is 0 Å². The minimum Gasteiger partial charge on any atom is -0.344 e. The molecule has 8 heteroatoms. The molecule has 3 aromatic rings. The molecule has 1 saturated carbocycles. The van der Waals surface area contributed by atoms with Crippen LogP contribution < -0.4 is 11.5 Å². The van der Waals surface area contributed by atoms with Gasteiger partial charge in [-0.25, -0.2) is 4.98 Å². The topological polar surface area (TPSA) is 126 Å². The number of H-pyrrole nitrogens is 1. The molecule has 0 spiro atoms. The number of aromatic nitrogens is 3. The maximum Gasteiger partial charge on any atom is 0.249 e. The van der Waals surface area contributed by atoms with Gasteiger partial charge >= 0.3 is 0 Å². The van der Waals surface area contributed by atoms with E-state index in [9.17, 15) is 9.59 Å². The molecular formula is C33H50N6O2. The fourth-order valence-corrected chi connectivity index (χ4v) is 5.29. The number of nitrogens with one attached hydrogen (secondary N) is 2. The van der Waals surface area contributed by atoms with Gasteiger partial charge in [0, 0.05) is 44.8 Å². The molecule has 5 rings (SSSR count). The second kappa shape index (κ2) is 15.4. The van der Waals surface area contributed by atoms with Gasteiger partial charge in [0.15, 0.2) is 0 Å². The van der Waals surface area contributed by atoms with Crippen molar-refractivity contribution < 1.29 is 12.4 Å². The van der Waals surface area contributed by atoms with Gasteiger partial charge in [-0.1, -0.05) is 50.6 Å². The van der Waals surface area contributed by atoms with Crippen molar-refractivity contribution in [3.8, 4) is 11.1 Å². The van der Waals surface area contributed by atoms with Crippen molar-refractivity contribution in [3.05, 3.63) is 77.8 Å². The zero-order valence-corrected chi connectivity index (χ0v) is 25.0. The fraction of sp³-hybridized carbons (Fsp3) is 0.455. The summed E-state index contributed by atoms with van der Waals surface area (Å²) in [5.41, 5.74) is 5.42. The summed E-state index contributed by atoms with van der Waals surface area (Å²) in [6.45, 7) is 10.9. The maximum atomic E-state index is 12.2. The summed E-state index contributed by atoms with van der Waals surface area (Å²) in [6, 6.07) is 13.9. The number of carbonyl (C=O) groups is 2. The van der Waals surface area contributed by atoms with Crippen LogP contribution in [0.15, 0.2) is 60.8 Å². The third-order valence-corrected chi connectivity index (χ3v) is 7.50. The first-order chi connectivity index (χ1) is 19.3. The lowest BCUT2D eigenvalue weighted by Gasteiger charge is -2.24. The van der Waals surface area contributed by atoms with Gasteiger partial charge in [-0.05, 0) is 87.9 Å². The molecule has 41 heavy (non-hydrogen) atoms. The van der Waals surface area contributed by atoms with Crippen molar-refractivity contribution in [2.75, 3.05) is 25.0 Å². The molecule has 5 N–H and O–H groups in total. The van der Waals surface area contributed by atoms with Crippen LogP contribution in [0.3, 0.4) is 0 Å². The number of nitrogens with zero attached hydrogens (tertiary/aromatic N) is 3. The van der Waals surface area contributed by atoms with Gasteiger partial charge in [-0.2, -0.15) is 5.10 Å². The van der Waals surface area contributed by atoms with Gasteiger partial charge in [0.05, 0.1) is 5.69 Å². The van der Waals surface area contributed by atoms with Crippen LogP contribution in [0.25, 0.3) is 11.1 Å². The fourth-order valence-electron chi connectivity index (χ4n) is 5.29. The highest BCUT2D eigenvalue weighted by Crippen LogP contribution is 2.38. The van der Waals surface area contributed by atoms with Crippen molar-refractivity contribution in [1.29, 1.82) is 0 Å². The second-order valence-corrected chi connectivity index (χ2v) is 11.4.